The van der Waals surface area contributed by atoms with Crippen molar-refractivity contribution in [2.24, 2.45) is 5.41 Å². The van der Waals surface area contributed by atoms with E-state index >= 15 is 0 Å². The van der Waals surface area contributed by atoms with E-state index in [4.69, 9.17) is 0 Å². The molecule has 0 spiro atoms. The summed E-state index contributed by atoms with van der Waals surface area (Å²) in [6.07, 6.45) is 5.14. The molecule has 0 bridgehead atoms. The second kappa shape index (κ2) is 7.16. The molecule has 2 aromatic carbocycles. The van der Waals surface area contributed by atoms with Crippen LogP contribution in [0.1, 0.15) is 24.1 Å². The third-order valence-corrected chi connectivity index (χ3v) is 5.08. The number of amides is 1. The van der Waals surface area contributed by atoms with Crippen molar-refractivity contribution in [3.8, 4) is 0 Å². The zero-order chi connectivity index (χ0) is 19.7. The molecule has 5 nitrogen and oxygen atoms in total. The first kappa shape index (κ1) is 18.3. The number of anilines is 1. The van der Waals surface area contributed by atoms with Gasteiger partial charge in [0.25, 0.3) is 0 Å². The first-order valence-corrected chi connectivity index (χ1v) is 9.08. The molecule has 144 valence electrons. The molecule has 4 rings (SSSR count). The summed E-state index contributed by atoms with van der Waals surface area (Å²) in [7, 11) is 1.80. The summed E-state index contributed by atoms with van der Waals surface area (Å²) >= 11 is 0. The van der Waals surface area contributed by atoms with Crippen molar-refractivity contribution >= 4 is 34.6 Å². The van der Waals surface area contributed by atoms with Crippen LogP contribution in [0.25, 0.3) is 23.1 Å². The number of aromatic nitrogens is 2. The Balaban J connectivity index is 1.61. The van der Waals surface area contributed by atoms with Gasteiger partial charge in [-0.1, -0.05) is 18.2 Å². The lowest BCUT2D eigenvalue weighted by molar-refractivity contribution is -0.121. The number of benzene rings is 2. The van der Waals surface area contributed by atoms with E-state index in [0.29, 0.717) is 23.1 Å². The van der Waals surface area contributed by atoms with Crippen LogP contribution in [-0.4, -0.2) is 29.7 Å². The Morgan fingerprint density at radius 3 is 2.64 bits per heavy atom. The number of nitrogens with one attached hydrogen (secondary N) is 3. The Kier molecular flexibility index (Phi) is 4.68. The minimum atomic E-state index is -0.515. The van der Waals surface area contributed by atoms with Crippen molar-refractivity contribution in [1.82, 2.24) is 15.5 Å². The number of aromatic amines is 1. The van der Waals surface area contributed by atoms with Gasteiger partial charge in [-0.15, -0.1) is 0 Å². The van der Waals surface area contributed by atoms with Crippen molar-refractivity contribution in [2.75, 3.05) is 18.9 Å². The highest BCUT2D eigenvalue weighted by molar-refractivity contribution is 6.00. The Morgan fingerprint density at radius 1 is 1.21 bits per heavy atom. The number of halogens is 2. The first-order valence-electron chi connectivity index (χ1n) is 9.08. The molecule has 0 saturated heterocycles. The van der Waals surface area contributed by atoms with Crippen molar-refractivity contribution in [3.05, 3.63) is 59.3 Å². The number of carbonyl (C=O) groups excluding carboxylic acids is 1. The lowest BCUT2D eigenvalue weighted by Gasteiger charge is -2.15. The number of H-pyrrole nitrogens is 1. The summed E-state index contributed by atoms with van der Waals surface area (Å²) in [5.74, 6) is -0.990. The van der Waals surface area contributed by atoms with Crippen LogP contribution in [0.4, 0.5) is 14.5 Å². The van der Waals surface area contributed by atoms with Gasteiger partial charge in [-0.2, -0.15) is 5.10 Å². The van der Waals surface area contributed by atoms with Crippen molar-refractivity contribution in [3.63, 3.8) is 0 Å². The van der Waals surface area contributed by atoms with Gasteiger partial charge >= 0.3 is 0 Å². The number of hydrogen-bond donors (Lipinski definition) is 3. The van der Waals surface area contributed by atoms with Crippen molar-refractivity contribution in [2.45, 2.75) is 12.8 Å². The minimum absolute atomic E-state index is 0.137. The quantitative estimate of drug-likeness (QED) is 0.605. The van der Waals surface area contributed by atoms with Crippen LogP contribution < -0.4 is 10.6 Å². The maximum absolute atomic E-state index is 14.4. The molecule has 0 aliphatic heterocycles. The van der Waals surface area contributed by atoms with Gasteiger partial charge in [0.2, 0.25) is 5.91 Å². The van der Waals surface area contributed by atoms with Crippen molar-refractivity contribution < 1.29 is 13.6 Å². The molecule has 3 N–H and O–H groups in total. The molecule has 1 fully saturated rings. The Hall–Kier alpha value is -3.06. The van der Waals surface area contributed by atoms with E-state index < -0.39 is 11.2 Å². The Bertz CT molecular complexity index is 1050. The fourth-order valence-corrected chi connectivity index (χ4v) is 3.26. The number of fused-ring (bicyclic) bond motifs is 1. The lowest BCUT2D eigenvalue weighted by atomic mass is 10.1. The zero-order valence-electron chi connectivity index (χ0n) is 15.4. The van der Waals surface area contributed by atoms with Crippen molar-refractivity contribution in [1.29, 1.82) is 0 Å². The van der Waals surface area contributed by atoms with Gasteiger partial charge in [0, 0.05) is 18.0 Å². The van der Waals surface area contributed by atoms with E-state index in [1.165, 1.54) is 18.2 Å². The number of carbonyl (C=O) groups is 1. The van der Waals surface area contributed by atoms with E-state index in [-0.39, 0.29) is 17.4 Å². The zero-order valence-corrected chi connectivity index (χ0v) is 15.4. The average molecular weight is 382 g/mol. The van der Waals surface area contributed by atoms with E-state index in [0.717, 1.165) is 18.4 Å². The van der Waals surface area contributed by atoms with E-state index in [1.54, 1.807) is 37.4 Å². The summed E-state index contributed by atoms with van der Waals surface area (Å²) in [4.78, 5) is 12.6. The molecule has 0 radical (unpaired) electrons. The van der Waals surface area contributed by atoms with Gasteiger partial charge in [-0.3, -0.25) is 9.89 Å². The third kappa shape index (κ3) is 3.53. The van der Waals surface area contributed by atoms with Crippen LogP contribution in [0.5, 0.6) is 0 Å². The van der Waals surface area contributed by atoms with Crippen LogP contribution in [0.2, 0.25) is 0 Å². The SMILES string of the molecule is CNCC1(C(=O)Nc2cc3c(/C=C/c4ccc(F)cc4)n[nH]c3cc2F)CC1. The Labute approximate surface area is 160 Å². The predicted octanol–water partition coefficient (Wildman–Crippen LogP) is 3.95. The molecule has 1 aromatic heterocycles. The first-order chi connectivity index (χ1) is 13.5. The minimum Gasteiger partial charge on any atom is -0.323 e. The molecule has 28 heavy (non-hydrogen) atoms. The van der Waals surface area contributed by atoms with E-state index in [2.05, 4.69) is 20.8 Å². The van der Waals surface area contributed by atoms with Crippen LogP contribution in [0, 0.1) is 17.0 Å². The van der Waals surface area contributed by atoms with E-state index in [9.17, 15) is 13.6 Å². The second-order valence-corrected chi connectivity index (χ2v) is 7.14. The fraction of sp³-hybridized carbons (Fsp3) is 0.238. The molecule has 3 aromatic rings. The molecule has 1 saturated carbocycles. The molecule has 1 aliphatic carbocycles. The molecule has 1 amide bonds. The summed E-state index contributed by atoms with van der Waals surface area (Å²) in [5.41, 5.74) is 1.64. The normalized spacial score (nSPS) is 15.2. The van der Waals surface area contributed by atoms with E-state index in [1.807, 2.05) is 0 Å². The lowest BCUT2D eigenvalue weighted by Crippen LogP contribution is -2.32. The third-order valence-electron chi connectivity index (χ3n) is 5.08. The average Bonchev–Trinajstić information content (AvgIpc) is 3.37. The summed E-state index contributed by atoms with van der Waals surface area (Å²) in [5, 5.41) is 13.4. The molecule has 0 unspecified atom stereocenters. The smallest absolute Gasteiger partial charge is 0.231 e. The standard InChI is InChI=1S/C21H20F2N4O/c1-24-12-21(8-9-21)20(28)25-19-10-15-17(26-27-18(15)11-16(19)23)7-4-13-2-5-14(22)6-3-13/h2-7,10-11,24H,8-9,12H2,1H3,(H,25,28)(H,26,27)/b7-4+. The van der Waals surface area contributed by atoms with Gasteiger partial charge in [-0.05, 0) is 49.7 Å². The highest BCUT2D eigenvalue weighted by Crippen LogP contribution is 2.46. The highest BCUT2D eigenvalue weighted by atomic mass is 19.1. The van der Waals surface area contributed by atoms with Gasteiger partial charge < -0.3 is 10.6 Å². The number of nitrogens with zero attached hydrogens (tertiary/aromatic N) is 1. The summed E-state index contributed by atoms with van der Waals surface area (Å²) in [6.45, 7) is 0.570. The molecular formula is C21H20F2N4O. The second-order valence-electron chi connectivity index (χ2n) is 7.14. The molecule has 7 heteroatoms. The number of rotatable bonds is 6. The predicted molar refractivity (Wildman–Crippen MR) is 106 cm³/mol. The molecule has 0 atom stereocenters. The molecular weight excluding hydrogens is 362 g/mol. The Morgan fingerprint density at radius 2 is 1.96 bits per heavy atom. The monoisotopic (exact) mass is 382 g/mol. The maximum Gasteiger partial charge on any atom is 0.231 e. The van der Waals surface area contributed by atoms with Gasteiger partial charge in [0.1, 0.15) is 11.6 Å². The number of hydrogen-bond acceptors (Lipinski definition) is 3. The van der Waals surface area contributed by atoms with Crippen LogP contribution in [-0.2, 0) is 4.79 Å². The highest BCUT2D eigenvalue weighted by Gasteiger charge is 2.49. The molecule has 1 heterocycles. The summed E-state index contributed by atoms with van der Waals surface area (Å²) < 4.78 is 27.5. The van der Waals surface area contributed by atoms with Gasteiger partial charge in [-0.25, -0.2) is 8.78 Å². The van der Waals surface area contributed by atoms with Crippen LogP contribution in [0.3, 0.4) is 0 Å². The summed E-state index contributed by atoms with van der Waals surface area (Å²) in [6, 6.07) is 8.98. The largest absolute Gasteiger partial charge is 0.323 e. The fourth-order valence-electron chi connectivity index (χ4n) is 3.26. The van der Waals surface area contributed by atoms with Crippen LogP contribution >= 0.6 is 0 Å². The maximum atomic E-state index is 14.4. The topological polar surface area (TPSA) is 69.8 Å². The van der Waals surface area contributed by atoms with Crippen LogP contribution in [0.15, 0.2) is 36.4 Å². The molecule has 1 aliphatic rings. The van der Waals surface area contributed by atoms with Gasteiger partial charge in [0.05, 0.1) is 22.3 Å². The van der Waals surface area contributed by atoms with Gasteiger partial charge in [0.15, 0.2) is 0 Å².